The zero-order valence-corrected chi connectivity index (χ0v) is 15.8. The number of imidazole rings is 1. The molecule has 144 valence electrons. The number of nitrogens with zero attached hydrogens (tertiary/aromatic N) is 1. The third kappa shape index (κ3) is 3.99. The van der Waals surface area contributed by atoms with Crippen LogP contribution in [0.15, 0.2) is 42.5 Å². The van der Waals surface area contributed by atoms with Crippen LogP contribution < -0.4 is 10.1 Å². The minimum atomic E-state index is -0.178. The number of hydrogen-bond acceptors (Lipinski definition) is 4. The Kier molecular flexibility index (Phi) is 4.99. The number of benzene rings is 2. The molecule has 4 aromatic rings. The number of aromatic amines is 2. The topological polar surface area (TPSA) is 92.0 Å². The molecule has 0 spiro atoms. The van der Waals surface area contributed by atoms with E-state index in [9.17, 15) is 4.79 Å². The van der Waals surface area contributed by atoms with Crippen molar-refractivity contribution in [3.8, 4) is 5.75 Å². The fraction of sp³-hybridized carbons (Fsp3) is 0.238. The van der Waals surface area contributed by atoms with Gasteiger partial charge in [-0.2, -0.15) is 0 Å². The number of carbonyl (C=O) groups excluding carboxylic acids is 1. The Balaban J connectivity index is 1.27. The van der Waals surface area contributed by atoms with Gasteiger partial charge in [0.05, 0.1) is 24.7 Å². The molecule has 7 nitrogen and oxygen atoms in total. The largest absolute Gasteiger partial charge is 0.497 e. The Hall–Kier alpha value is -3.32. The maximum atomic E-state index is 12.0. The van der Waals surface area contributed by atoms with Crippen LogP contribution in [0.1, 0.15) is 17.1 Å². The van der Waals surface area contributed by atoms with Crippen molar-refractivity contribution >= 4 is 27.8 Å². The van der Waals surface area contributed by atoms with Gasteiger partial charge in [0.25, 0.3) is 0 Å². The quantitative estimate of drug-likeness (QED) is 0.460. The summed E-state index contributed by atoms with van der Waals surface area (Å²) in [5.41, 5.74) is 4.95. The van der Waals surface area contributed by atoms with Crippen LogP contribution in [0, 0.1) is 6.92 Å². The molecular weight excluding hydrogens is 356 g/mol. The van der Waals surface area contributed by atoms with Gasteiger partial charge in [-0.3, -0.25) is 4.79 Å². The first-order valence-corrected chi connectivity index (χ1v) is 9.06. The number of methoxy groups -OCH3 is 1. The number of H-pyrrole nitrogens is 2. The van der Waals surface area contributed by atoms with Gasteiger partial charge in [0.15, 0.2) is 0 Å². The molecule has 2 heterocycles. The number of amides is 1. The SMILES string of the molecule is COc1ccc2[nH]c(CNC(=O)COCc3nc4ccc(C)cc4[nH]3)cc2c1. The van der Waals surface area contributed by atoms with Gasteiger partial charge in [-0.25, -0.2) is 4.98 Å². The molecule has 0 saturated carbocycles. The summed E-state index contributed by atoms with van der Waals surface area (Å²) in [4.78, 5) is 23.0. The predicted octanol–water partition coefficient (Wildman–Crippen LogP) is 3.19. The Labute approximate surface area is 162 Å². The third-order valence-corrected chi connectivity index (χ3v) is 4.52. The first kappa shape index (κ1) is 18.1. The van der Waals surface area contributed by atoms with Crippen molar-refractivity contribution < 1.29 is 14.3 Å². The molecule has 0 saturated heterocycles. The summed E-state index contributed by atoms with van der Waals surface area (Å²) in [5, 5.41) is 3.89. The van der Waals surface area contributed by atoms with Crippen molar-refractivity contribution in [3.63, 3.8) is 0 Å². The van der Waals surface area contributed by atoms with E-state index in [2.05, 4.69) is 20.3 Å². The van der Waals surface area contributed by atoms with Crippen molar-refractivity contribution in [2.75, 3.05) is 13.7 Å². The van der Waals surface area contributed by atoms with Gasteiger partial charge >= 0.3 is 0 Å². The summed E-state index contributed by atoms with van der Waals surface area (Å²) in [5.74, 6) is 1.33. The maximum Gasteiger partial charge on any atom is 0.246 e. The number of hydrogen-bond donors (Lipinski definition) is 3. The van der Waals surface area contributed by atoms with E-state index in [-0.39, 0.29) is 19.1 Å². The van der Waals surface area contributed by atoms with Gasteiger partial charge < -0.3 is 24.8 Å². The van der Waals surface area contributed by atoms with E-state index in [0.717, 1.165) is 33.4 Å². The molecule has 0 unspecified atom stereocenters. The molecule has 0 bridgehead atoms. The number of aryl methyl sites for hydroxylation is 1. The van der Waals surface area contributed by atoms with E-state index < -0.39 is 0 Å². The molecule has 28 heavy (non-hydrogen) atoms. The van der Waals surface area contributed by atoms with E-state index in [4.69, 9.17) is 9.47 Å². The fourth-order valence-corrected chi connectivity index (χ4v) is 3.12. The van der Waals surface area contributed by atoms with Crippen molar-refractivity contribution in [2.45, 2.75) is 20.1 Å². The molecule has 0 aliphatic rings. The Morgan fingerprint density at radius 1 is 1.11 bits per heavy atom. The number of carbonyl (C=O) groups is 1. The molecule has 0 aliphatic heterocycles. The lowest BCUT2D eigenvalue weighted by molar-refractivity contribution is -0.126. The van der Waals surface area contributed by atoms with Gasteiger partial charge in [0.2, 0.25) is 5.91 Å². The molecule has 4 rings (SSSR count). The summed E-state index contributed by atoms with van der Waals surface area (Å²) < 4.78 is 10.7. The Bertz CT molecular complexity index is 1130. The molecule has 7 heteroatoms. The highest BCUT2D eigenvalue weighted by Gasteiger charge is 2.07. The van der Waals surface area contributed by atoms with Crippen molar-refractivity contribution in [3.05, 3.63) is 59.5 Å². The molecule has 0 aliphatic carbocycles. The standard InChI is InChI=1S/C21H22N4O3/c1-13-3-5-18-19(7-13)25-20(24-18)11-28-12-21(26)22-10-15-8-14-9-16(27-2)4-6-17(14)23-15/h3-9,23H,10-12H2,1-2H3,(H,22,26)(H,24,25). The minimum Gasteiger partial charge on any atom is -0.497 e. The second-order valence-corrected chi connectivity index (χ2v) is 6.72. The van der Waals surface area contributed by atoms with E-state index >= 15 is 0 Å². The van der Waals surface area contributed by atoms with Crippen molar-refractivity contribution in [1.29, 1.82) is 0 Å². The number of aromatic nitrogens is 3. The lowest BCUT2D eigenvalue weighted by atomic mass is 10.2. The fourth-order valence-electron chi connectivity index (χ4n) is 3.12. The van der Waals surface area contributed by atoms with E-state index in [1.807, 2.05) is 49.4 Å². The van der Waals surface area contributed by atoms with E-state index in [1.54, 1.807) is 7.11 Å². The minimum absolute atomic E-state index is 0.0237. The second kappa shape index (κ2) is 7.74. The number of fused-ring (bicyclic) bond motifs is 2. The molecule has 2 aromatic heterocycles. The van der Waals surface area contributed by atoms with Crippen LogP contribution in [0.4, 0.5) is 0 Å². The monoisotopic (exact) mass is 378 g/mol. The first-order chi connectivity index (χ1) is 13.6. The van der Waals surface area contributed by atoms with E-state index in [1.165, 1.54) is 5.56 Å². The predicted molar refractivity (Wildman–Crippen MR) is 107 cm³/mol. The number of rotatable bonds is 7. The van der Waals surface area contributed by atoms with Gasteiger partial charge in [-0.15, -0.1) is 0 Å². The van der Waals surface area contributed by atoms with Crippen molar-refractivity contribution in [2.24, 2.45) is 0 Å². The van der Waals surface area contributed by atoms with Gasteiger partial charge in [-0.05, 0) is 48.9 Å². The lowest BCUT2D eigenvalue weighted by Crippen LogP contribution is -2.27. The van der Waals surface area contributed by atoms with Gasteiger partial charge in [0, 0.05) is 16.6 Å². The highest BCUT2D eigenvalue weighted by Crippen LogP contribution is 2.21. The van der Waals surface area contributed by atoms with E-state index in [0.29, 0.717) is 12.4 Å². The Morgan fingerprint density at radius 3 is 2.86 bits per heavy atom. The summed E-state index contributed by atoms with van der Waals surface area (Å²) in [6.07, 6.45) is 0. The Morgan fingerprint density at radius 2 is 2.00 bits per heavy atom. The highest BCUT2D eigenvalue weighted by atomic mass is 16.5. The molecule has 0 fully saturated rings. The third-order valence-electron chi connectivity index (χ3n) is 4.52. The highest BCUT2D eigenvalue weighted by molar-refractivity contribution is 5.82. The van der Waals surface area contributed by atoms with Crippen LogP contribution in [0.5, 0.6) is 5.75 Å². The molecular formula is C21H22N4O3. The van der Waals surface area contributed by atoms with Crippen LogP contribution in [-0.2, 0) is 22.7 Å². The molecule has 0 atom stereocenters. The van der Waals surface area contributed by atoms with Crippen LogP contribution in [0.2, 0.25) is 0 Å². The average molecular weight is 378 g/mol. The van der Waals surface area contributed by atoms with Crippen molar-refractivity contribution in [1.82, 2.24) is 20.3 Å². The molecule has 1 amide bonds. The second-order valence-electron chi connectivity index (χ2n) is 6.72. The summed E-state index contributed by atoms with van der Waals surface area (Å²) in [6, 6.07) is 13.8. The van der Waals surface area contributed by atoms with Crippen LogP contribution in [0.25, 0.3) is 21.9 Å². The zero-order valence-electron chi connectivity index (χ0n) is 15.8. The maximum absolute atomic E-state index is 12.0. The molecule has 2 aromatic carbocycles. The summed E-state index contributed by atoms with van der Waals surface area (Å²) in [6.45, 7) is 2.67. The normalized spacial score (nSPS) is 11.2. The first-order valence-electron chi connectivity index (χ1n) is 9.06. The lowest BCUT2D eigenvalue weighted by Gasteiger charge is -2.04. The van der Waals surface area contributed by atoms with Crippen LogP contribution in [0.3, 0.4) is 0 Å². The zero-order chi connectivity index (χ0) is 19.5. The van der Waals surface area contributed by atoms with Crippen LogP contribution >= 0.6 is 0 Å². The molecule has 3 N–H and O–H groups in total. The number of nitrogens with one attached hydrogen (secondary N) is 3. The summed E-state index contributed by atoms with van der Waals surface area (Å²) in [7, 11) is 1.64. The van der Waals surface area contributed by atoms with Gasteiger partial charge in [0.1, 0.15) is 24.8 Å². The number of ether oxygens (including phenoxy) is 2. The smallest absolute Gasteiger partial charge is 0.246 e. The average Bonchev–Trinajstić information content (AvgIpc) is 3.28. The van der Waals surface area contributed by atoms with Gasteiger partial charge in [-0.1, -0.05) is 6.07 Å². The van der Waals surface area contributed by atoms with Crippen LogP contribution in [-0.4, -0.2) is 34.6 Å². The summed E-state index contributed by atoms with van der Waals surface area (Å²) >= 11 is 0. The molecule has 0 radical (unpaired) electrons.